The summed E-state index contributed by atoms with van der Waals surface area (Å²) in [6.07, 6.45) is -0.875. The molecule has 100 valence electrons. The van der Waals surface area contributed by atoms with Crippen LogP contribution in [0, 0.1) is 5.82 Å². The van der Waals surface area contributed by atoms with Gasteiger partial charge in [-0.3, -0.25) is 0 Å². The first-order valence-corrected chi connectivity index (χ1v) is 7.08. The molecule has 2 rings (SSSR count). The second-order valence-corrected chi connectivity index (χ2v) is 5.73. The SMILES string of the molecule is COc1cc(F)c(Br)cc1C(O)c1ccc(Br)cc1. The number of methoxy groups -OCH3 is 1. The summed E-state index contributed by atoms with van der Waals surface area (Å²) >= 11 is 6.45. The number of aliphatic hydroxyl groups excluding tert-OH is 1. The molecule has 0 radical (unpaired) electrons. The van der Waals surface area contributed by atoms with Gasteiger partial charge in [-0.1, -0.05) is 28.1 Å². The van der Waals surface area contributed by atoms with Crippen LogP contribution in [-0.2, 0) is 0 Å². The number of hydrogen-bond acceptors (Lipinski definition) is 2. The van der Waals surface area contributed by atoms with Crippen molar-refractivity contribution in [1.82, 2.24) is 0 Å². The summed E-state index contributed by atoms with van der Waals surface area (Å²) in [6.45, 7) is 0. The molecular weight excluding hydrogens is 379 g/mol. The molecule has 1 N–H and O–H groups in total. The first kappa shape index (κ1) is 14.5. The Morgan fingerprint density at radius 1 is 1.16 bits per heavy atom. The van der Waals surface area contributed by atoms with Crippen molar-refractivity contribution in [2.75, 3.05) is 7.11 Å². The van der Waals surface area contributed by atoms with E-state index in [0.717, 1.165) is 4.47 Å². The topological polar surface area (TPSA) is 29.5 Å². The largest absolute Gasteiger partial charge is 0.496 e. The average Bonchev–Trinajstić information content (AvgIpc) is 2.41. The van der Waals surface area contributed by atoms with E-state index < -0.39 is 11.9 Å². The van der Waals surface area contributed by atoms with Crippen LogP contribution in [0.15, 0.2) is 45.3 Å². The van der Waals surface area contributed by atoms with E-state index in [0.29, 0.717) is 21.3 Å². The Bertz CT molecular complexity index is 585. The fourth-order valence-corrected chi connectivity index (χ4v) is 2.38. The van der Waals surface area contributed by atoms with Gasteiger partial charge in [-0.15, -0.1) is 0 Å². The van der Waals surface area contributed by atoms with Crippen molar-refractivity contribution in [2.45, 2.75) is 6.10 Å². The molecule has 0 aliphatic rings. The van der Waals surface area contributed by atoms with Crippen LogP contribution in [0.3, 0.4) is 0 Å². The zero-order valence-electron chi connectivity index (χ0n) is 10.0. The molecule has 1 unspecified atom stereocenters. The van der Waals surface area contributed by atoms with Gasteiger partial charge in [0.15, 0.2) is 0 Å². The predicted molar refractivity (Wildman–Crippen MR) is 78.9 cm³/mol. The highest BCUT2D eigenvalue weighted by Crippen LogP contribution is 2.34. The Hall–Kier alpha value is -0.910. The summed E-state index contributed by atoms with van der Waals surface area (Å²) in [4.78, 5) is 0. The molecule has 0 bridgehead atoms. The predicted octanol–water partition coefficient (Wildman–Crippen LogP) is 4.44. The third kappa shape index (κ3) is 3.16. The number of halogens is 3. The van der Waals surface area contributed by atoms with Crippen molar-refractivity contribution >= 4 is 31.9 Å². The van der Waals surface area contributed by atoms with Gasteiger partial charge in [0.1, 0.15) is 17.7 Å². The van der Waals surface area contributed by atoms with Crippen LogP contribution >= 0.6 is 31.9 Å². The molecule has 1 atom stereocenters. The Labute approximate surface area is 127 Å². The van der Waals surface area contributed by atoms with E-state index in [2.05, 4.69) is 31.9 Å². The molecule has 2 aromatic carbocycles. The molecule has 2 aromatic rings. The van der Waals surface area contributed by atoms with Crippen molar-refractivity contribution in [3.8, 4) is 5.75 Å². The number of benzene rings is 2. The number of rotatable bonds is 3. The van der Waals surface area contributed by atoms with Gasteiger partial charge in [0.05, 0.1) is 11.6 Å². The average molecular weight is 390 g/mol. The summed E-state index contributed by atoms with van der Waals surface area (Å²) < 4.78 is 19.8. The van der Waals surface area contributed by atoms with E-state index in [4.69, 9.17) is 4.74 Å². The quantitative estimate of drug-likeness (QED) is 0.840. The molecule has 5 heteroatoms. The van der Waals surface area contributed by atoms with Crippen LogP contribution in [0.2, 0.25) is 0 Å². The van der Waals surface area contributed by atoms with Gasteiger partial charge in [-0.05, 0) is 39.7 Å². The van der Waals surface area contributed by atoms with Gasteiger partial charge in [0.2, 0.25) is 0 Å². The molecule has 0 aromatic heterocycles. The maximum Gasteiger partial charge on any atom is 0.141 e. The lowest BCUT2D eigenvalue weighted by molar-refractivity contribution is 0.214. The van der Waals surface area contributed by atoms with Crippen LogP contribution in [-0.4, -0.2) is 12.2 Å². The van der Waals surface area contributed by atoms with Crippen molar-refractivity contribution in [1.29, 1.82) is 0 Å². The Balaban J connectivity index is 2.45. The van der Waals surface area contributed by atoms with E-state index in [1.165, 1.54) is 19.2 Å². The molecule has 0 amide bonds. The highest BCUT2D eigenvalue weighted by atomic mass is 79.9. The minimum absolute atomic E-state index is 0.291. The standard InChI is InChI=1S/C14H11Br2FO2/c1-19-13-7-12(17)11(16)6-10(13)14(18)8-2-4-9(15)5-3-8/h2-7,14,18H,1H3. The highest BCUT2D eigenvalue weighted by Gasteiger charge is 2.18. The molecule has 0 saturated heterocycles. The zero-order valence-corrected chi connectivity index (χ0v) is 13.2. The minimum Gasteiger partial charge on any atom is -0.496 e. The normalized spacial score (nSPS) is 12.3. The molecule has 0 heterocycles. The Morgan fingerprint density at radius 2 is 1.79 bits per heavy atom. The lowest BCUT2D eigenvalue weighted by Gasteiger charge is -2.16. The lowest BCUT2D eigenvalue weighted by atomic mass is 10.0. The van der Waals surface area contributed by atoms with Crippen LogP contribution in [0.5, 0.6) is 5.75 Å². The van der Waals surface area contributed by atoms with E-state index in [-0.39, 0.29) is 0 Å². The van der Waals surface area contributed by atoms with Gasteiger partial charge in [-0.2, -0.15) is 0 Å². The number of hydrogen-bond donors (Lipinski definition) is 1. The van der Waals surface area contributed by atoms with Gasteiger partial charge < -0.3 is 9.84 Å². The summed E-state index contributed by atoms with van der Waals surface area (Å²) in [5.41, 5.74) is 1.22. The molecule has 2 nitrogen and oxygen atoms in total. The molecule has 0 fully saturated rings. The molecule has 19 heavy (non-hydrogen) atoms. The minimum atomic E-state index is -0.875. The third-order valence-electron chi connectivity index (χ3n) is 2.75. The van der Waals surface area contributed by atoms with E-state index in [9.17, 15) is 9.50 Å². The molecule has 0 spiro atoms. The second kappa shape index (κ2) is 6.03. The van der Waals surface area contributed by atoms with Crippen molar-refractivity contribution < 1.29 is 14.2 Å². The number of ether oxygens (including phenoxy) is 1. The molecule has 0 aliphatic heterocycles. The van der Waals surface area contributed by atoms with E-state index >= 15 is 0 Å². The van der Waals surface area contributed by atoms with Crippen LogP contribution < -0.4 is 4.74 Å². The molecule has 0 aliphatic carbocycles. The monoisotopic (exact) mass is 388 g/mol. The van der Waals surface area contributed by atoms with Crippen LogP contribution in [0.25, 0.3) is 0 Å². The van der Waals surface area contributed by atoms with Gasteiger partial charge in [0, 0.05) is 16.1 Å². The zero-order chi connectivity index (χ0) is 14.0. The summed E-state index contributed by atoms with van der Waals surface area (Å²) in [5, 5.41) is 10.4. The Morgan fingerprint density at radius 3 is 2.37 bits per heavy atom. The lowest BCUT2D eigenvalue weighted by Crippen LogP contribution is -2.03. The molecule has 0 saturated carbocycles. The van der Waals surface area contributed by atoms with Crippen molar-refractivity contribution in [3.05, 3.63) is 62.3 Å². The van der Waals surface area contributed by atoms with E-state index in [1.54, 1.807) is 12.1 Å². The summed E-state index contributed by atoms with van der Waals surface area (Å²) in [5.74, 6) is -0.111. The third-order valence-corrected chi connectivity index (χ3v) is 3.89. The summed E-state index contributed by atoms with van der Waals surface area (Å²) in [7, 11) is 1.44. The maximum absolute atomic E-state index is 13.5. The number of aliphatic hydroxyl groups is 1. The first-order valence-electron chi connectivity index (χ1n) is 5.49. The van der Waals surface area contributed by atoms with Crippen molar-refractivity contribution in [3.63, 3.8) is 0 Å². The molecular formula is C14H11Br2FO2. The van der Waals surface area contributed by atoms with Crippen LogP contribution in [0.1, 0.15) is 17.2 Å². The fourth-order valence-electron chi connectivity index (χ4n) is 1.76. The highest BCUT2D eigenvalue weighted by molar-refractivity contribution is 9.10. The fraction of sp³-hybridized carbons (Fsp3) is 0.143. The smallest absolute Gasteiger partial charge is 0.141 e. The van der Waals surface area contributed by atoms with E-state index in [1.807, 2.05) is 12.1 Å². The van der Waals surface area contributed by atoms with Gasteiger partial charge in [0.25, 0.3) is 0 Å². The van der Waals surface area contributed by atoms with Crippen LogP contribution in [0.4, 0.5) is 4.39 Å². The first-order chi connectivity index (χ1) is 9.02. The second-order valence-electron chi connectivity index (χ2n) is 3.96. The van der Waals surface area contributed by atoms with Gasteiger partial charge >= 0.3 is 0 Å². The Kier molecular flexibility index (Phi) is 4.60. The van der Waals surface area contributed by atoms with Crippen molar-refractivity contribution in [2.24, 2.45) is 0 Å². The summed E-state index contributed by atoms with van der Waals surface area (Å²) in [6, 6.07) is 10.0. The van der Waals surface area contributed by atoms with Gasteiger partial charge in [-0.25, -0.2) is 4.39 Å². The maximum atomic E-state index is 13.5.